The fourth-order valence-corrected chi connectivity index (χ4v) is 3.26. The van der Waals surface area contributed by atoms with Crippen LogP contribution in [0.15, 0.2) is 54.6 Å². The monoisotopic (exact) mass is 350 g/mol. The van der Waals surface area contributed by atoms with E-state index < -0.39 is 0 Å². The average Bonchev–Trinajstić information content (AvgIpc) is 2.72. The number of piperazine rings is 1. The normalized spacial score (nSPS) is 15.8. The first-order valence-corrected chi connectivity index (χ1v) is 9.14. The molecule has 3 rings (SSSR count). The van der Waals surface area contributed by atoms with Gasteiger partial charge in [-0.1, -0.05) is 55.5 Å². The Morgan fingerprint density at radius 3 is 2.31 bits per heavy atom. The Kier molecular flexibility index (Phi) is 6.08. The predicted molar refractivity (Wildman–Crippen MR) is 106 cm³/mol. The average molecular weight is 350 g/mol. The van der Waals surface area contributed by atoms with Crippen molar-refractivity contribution in [1.29, 1.82) is 0 Å². The van der Waals surface area contributed by atoms with E-state index in [4.69, 9.17) is 4.74 Å². The van der Waals surface area contributed by atoms with E-state index in [2.05, 4.69) is 11.8 Å². The standard InChI is InChI=1S/C22H26N2O2/c1-3-23-13-15-24(16-14-23)22(25)20(18-9-5-4-6-10-18)17-19-11-7-8-12-21(19)26-2/h4-12,17H,3,13-16H2,1-2H3/b20-17+. The highest BCUT2D eigenvalue weighted by Crippen LogP contribution is 2.26. The van der Waals surface area contributed by atoms with E-state index in [9.17, 15) is 4.79 Å². The third-order valence-electron chi connectivity index (χ3n) is 4.86. The number of likely N-dealkylation sites (N-methyl/N-ethyl adjacent to an activating group) is 1. The Hall–Kier alpha value is -2.59. The van der Waals surface area contributed by atoms with Crippen LogP contribution in [0, 0.1) is 0 Å². The molecular weight excluding hydrogens is 324 g/mol. The molecule has 1 saturated heterocycles. The van der Waals surface area contributed by atoms with Crippen molar-refractivity contribution >= 4 is 17.6 Å². The third kappa shape index (κ3) is 4.14. The maximum absolute atomic E-state index is 13.3. The van der Waals surface area contributed by atoms with Gasteiger partial charge in [0.25, 0.3) is 5.91 Å². The van der Waals surface area contributed by atoms with E-state index in [0.29, 0.717) is 5.57 Å². The van der Waals surface area contributed by atoms with Gasteiger partial charge in [-0.25, -0.2) is 0 Å². The van der Waals surface area contributed by atoms with Crippen molar-refractivity contribution in [3.63, 3.8) is 0 Å². The molecule has 0 unspecified atom stereocenters. The van der Waals surface area contributed by atoms with Crippen LogP contribution in [0.3, 0.4) is 0 Å². The molecule has 0 aliphatic carbocycles. The van der Waals surface area contributed by atoms with Crippen molar-refractivity contribution < 1.29 is 9.53 Å². The highest BCUT2D eigenvalue weighted by molar-refractivity contribution is 6.24. The molecule has 4 nitrogen and oxygen atoms in total. The molecule has 2 aromatic carbocycles. The molecule has 0 saturated carbocycles. The summed E-state index contributed by atoms with van der Waals surface area (Å²) in [6.45, 7) is 6.59. The molecule has 0 radical (unpaired) electrons. The summed E-state index contributed by atoms with van der Waals surface area (Å²) in [7, 11) is 1.65. The lowest BCUT2D eigenvalue weighted by atomic mass is 10.0. The first kappa shape index (κ1) is 18.2. The number of carbonyl (C=O) groups excluding carboxylic acids is 1. The molecule has 1 fully saturated rings. The molecule has 1 amide bonds. The molecule has 26 heavy (non-hydrogen) atoms. The molecular formula is C22H26N2O2. The summed E-state index contributed by atoms with van der Waals surface area (Å²) in [4.78, 5) is 17.6. The maximum Gasteiger partial charge on any atom is 0.254 e. The number of methoxy groups -OCH3 is 1. The fraction of sp³-hybridized carbons (Fsp3) is 0.318. The van der Waals surface area contributed by atoms with E-state index in [1.54, 1.807) is 7.11 Å². The van der Waals surface area contributed by atoms with E-state index in [0.717, 1.165) is 49.6 Å². The minimum absolute atomic E-state index is 0.0814. The molecule has 1 heterocycles. The summed E-state index contributed by atoms with van der Waals surface area (Å²) in [5.41, 5.74) is 2.55. The van der Waals surface area contributed by atoms with Gasteiger partial charge in [-0.05, 0) is 24.3 Å². The van der Waals surface area contributed by atoms with Crippen LogP contribution in [0.1, 0.15) is 18.1 Å². The van der Waals surface area contributed by atoms with Crippen LogP contribution in [-0.4, -0.2) is 55.5 Å². The number of amides is 1. The number of hydrogen-bond acceptors (Lipinski definition) is 3. The summed E-state index contributed by atoms with van der Waals surface area (Å²) in [5.74, 6) is 0.849. The topological polar surface area (TPSA) is 32.8 Å². The van der Waals surface area contributed by atoms with E-state index in [-0.39, 0.29) is 5.91 Å². The van der Waals surface area contributed by atoms with Crippen LogP contribution in [0.2, 0.25) is 0 Å². The Morgan fingerprint density at radius 1 is 1.00 bits per heavy atom. The van der Waals surface area contributed by atoms with Gasteiger partial charge in [0.05, 0.1) is 7.11 Å². The Balaban J connectivity index is 1.94. The summed E-state index contributed by atoms with van der Waals surface area (Å²) in [6, 6.07) is 17.7. The lowest BCUT2D eigenvalue weighted by Gasteiger charge is -2.34. The number of nitrogens with zero attached hydrogens (tertiary/aromatic N) is 2. The van der Waals surface area contributed by atoms with Gasteiger partial charge in [0, 0.05) is 37.3 Å². The van der Waals surface area contributed by atoms with Crippen molar-refractivity contribution in [3.05, 3.63) is 65.7 Å². The minimum atomic E-state index is 0.0814. The highest BCUT2D eigenvalue weighted by atomic mass is 16.5. The van der Waals surface area contributed by atoms with E-state index >= 15 is 0 Å². The Morgan fingerprint density at radius 2 is 1.65 bits per heavy atom. The molecule has 136 valence electrons. The van der Waals surface area contributed by atoms with Gasteiger partial charge in [-0.3, -0.25) is 4.79 Å². The Bertz CT molecular complexity index is 763. The van der Waals surface area contributed by atoms with E-state index in [1.165, 1.54) is 0 Å². The number of rotatable bonds is 5. The van der Waals surface area contributed by atoms with Crippen LogP contribution in [0.25, 0.3) is 11.6 Å². The first-order chi connectivity index (χ1) is 12.7. The molecule has 0 spiro atoms. The van der Waals surface area contributed by atoms with Crippen molar-refractivity contribution in [2.24, 2.45) is 0 Å². The van der Waals surface area contributed by atoms with Crippen molar-refractivity contribution in [1.82, 2.24) is 9.80 Å². The van der Waals surface area contributed by atoms with Crippen molar-refractivity contribution in [3.8, 4) is 5.75 Å². The molecule has 0 aromatic heterocycles. The zero-order chi connectivity index (χ0) is 18.4. The molecule has 0 N–H and O–H groups in total. The van der Waals surface area contributed by atoms with Crippen molar-refractivity contribution in [2.75, 3.05) is 39.8 Å². The van der Waals surface area contributed by atoms with Gasteiger partial charge < -0.3 is 14.5 Å². The molecule has 0 bridgehead atoms. The predicted octanol–water partition coefficient (Wildman–Crippen LogP) is 3.40. The zero-order valence-corrected chi connectivity index (χ0v) is 15.5. The number of carbonyl (C=O) groups is 1. The lowest BCUT2D eigenvalue weighted by Crippen LogP contribution is -2.48. The largest absolute Gasteiger partial charge is 0.496 e. The second-order valence-electron chi connectivity index (χ2n) is 6.39. The summed E-state index contributed by atoms with van der Waals surface area (Å²) in [6.07, 6.45) is 1.95. The number of benzene rings is 2. The SMILES string of the molecule is CCN1CCN(C(=O)/C(=C/c2ccccc2OC)c2ccccc2)CC1. The summed E-state index contributed by atoms with van der Waals surface area (Å²) in [5, 5.41) is 0. The second-order valence-corrected chi connectivity index (χ2v) is 6.39. The number of ether oxygens (including phenoxy) is 1. The third-order valence-corrected chi connectivity index (χ3v) is 4.86. The second kappa shape index (κ2) is 8.68. The van der Waals surface area contributed by atoms with Crippen LogP contribution in [0.5, 0.6) is 5.75 Å². The highest BCUT2D eigenvalue weighted by Gasteiger charge is 2.24. The van der Waals surface area contributed by atoms with Crippen LogP contribution in [0.4, 0.5) is 0 Å². The molecule has 0 atom stereocenters. The lowest BCUT2D eigenvalue weighted by molar-refractivity contribution is -0.126. The molecule has 1 aliphatic rings. The molecule has 2 aromatic rings. The van der Waals surface area contributed by atoms with Gasteiger partial charge in [0.15, 0.2) is 0 Å². The maximum atomic E-state index is 13.3. The van der Waals surface area contributed by atoms with Gasteiger partial charge in [-0.2, -0.15) is 0 Å². The number of hydrogen-bond donors (Lipinski definition) is 0. The first-order valence-electron chi connectivity index (χ1n) is 9.14. The van der Waals surface area contributed by atoms with Gasteiger partial charge in [0.2, 0.25) is 0 Å². The quantitative estimate of drug-likeness (QED) is 0.612. The van der Waals surface area contributed by atoms with Crippen molar-refractivity contribution in [2.45, 2.75) is 6.92 Å². The van der Waals surface area contributed by atoms with Crippen LogP contribution >= 0.6 is 0 Å². The smallest absolute Gasteiger partial charge is 0.254 e. The van der Waals surface area contributed by atoms with Crippen LogP contribution in [-0.2, 0) is 4.79 Å². The van der Waals surface area contributed by atoms with E-state index in [1.807, 2.05) is 65.6 Å². The molecule has 1 aliphatic heterocycles. The van der Waals surface area contributed by atoms with Gasteiger partial charge in [0.1, 0.15) is 5.75 Å². The number of para-hydroxylation sites is 1. The Labute approximate surface area is 155 Å². The fourth-order valence-electron chi connectivity index (χ4n) is 3.26. The summed E-state index contributed by atoms with van der Waals surface area (Å²) < 4.78 is 5.46. The molecule has 4 heteroatoms. The van der Waals surface area contributed by atoms with Gasteiger partial charge >= 0.3 is 0 Å². The van der Waals surface area contributed by atoms with Gasteiger partial charge in [-0.15, -0.1) is 0 Å². The zero-order valence-electron chi connectivity index (χ0n) is 15.5. The minimum Gasteiger partial charge on any atom is -0.496 e. The summed E-state index contributed by atoms with van der Waals surface area (Å²) >= 11 is 0. The van der Waals surface area contributed by atoms with Crippen LogP contribution < -0.4 is 4.74 Å².